The van der Waals surface area contributed by atoms with Crippen LogP contribution >= 0.6 is 12.2 Å². The Morgan fingerprint density at radius 2 is 2.11 bits per heavy atom. The molecule has 3 heterocycles. The Kier molecular flexibility index (Phi) is 2.13. The molecule has 0 saturated heterocycles. The molecule has 4 rings (SSSR count). The van der Waals surface area contributed by atoms with Crippen molar-refractivity contribution in [1.29, 1.82) is 0 Å². The number of nitrogens with zero attached hydrogens (tertiary/aromatic N) is 2. The van der Waals surface area contributed by atoms with Gasteiger partial charge in [-0.25, -0.2) is 0 Å². The summed E-state index contributed by atoms with van der Waals surface area (Å²) < 4.78 is 13.3. The first-order chi connectivity index (χ1) is 9.33. The van der Waals surface area contributed by atoms with Crippen molar-refractivity contribution in [1.82, 2.24) is 14.5 Å². The number of nitrogens with one attached hydrogen (secondary N) is 1. The van der Waals surface area contributed by atoms with E-state index in [0.29, 0.717) is 4.77 Å². The van der Waals surface area contributed by atoms with E-state index in [-0.39, 0.29) is 6.79 Å². The lowest BCUT2D eigenvalue weighted by molar-refractivity contribution is 0.174. The molecule has 0 aliphatic carbocycles. The van der Waals surface area contributed by atoms with Crippen LogP contribution in [0.2, 0.25) is 0 Å². The largest absolute Gasteiger partial charge is 0.454 e. The van der Waals surface area contributed by atoms with Crippen LogP contribution in [-0.2, 0) is 0 Å². The van der Waals surface area contributed by atoms with Crippen LogP contribution in [0.5, 0.6) is 11.5 Å². The topological polar surface area (TPSA) is 52.1 Å². The fourth-order valence-electron chi connectivity index (χ4n) is 2.24. The van der Waals surface area contributed by atoms with Crippen molar-refractivity contribution in [3.63, 3.8) is 0 Å². The molecule has 0 bridgehead atoms. The molecule has 0 unspecified atom stereocenters. The zero-order chi connectivity index (χ0) is 12.8. The van der Waals surface area contributed by atoms with E-state index in [9.17, 15) is 0 Å². The molecule has 1 aromatic carbocycles. The predicted octanol–water partition coefficient (Wildman–Crippen LogP) is 2.81. The maximum absolute atomic E-state index is 5.40. The molecule has 0 saturated carbocycles. The monoisotopic (exact) mass is 271 g/mol. The molecule has 1 aliphatic heterocycles. The first-order valence-corrected chi connectivity index (χ1v) is 6.18. The first-order valence-electron chi connectivity index (χ1n) is 5.78. The number of aromatic nitrogens is 3. The third-order valence-corrected chi connectivity index (χ3v) is 3.38. The van der Waals surface area contributed by atoms with Gasteiger partial charge in [0.1, 0.15) is 0 Å². The number of ether oxygens (including phenoxy) is 2. The molecule has 0 radical (unpaired) electrons. The van der Waals surface area contributed by atoms with E-state index in [2.05, 4.69) is 9.97 Å². The summed E-state index contributed by atoms with van der Waals surface area (Å²) in [5, 5.41) is 0. The van der Waals surface area contributed by atoms with E-state index in [1.807, 2.05) is 28.8 Å². The van der Waals surface area contributed by atoms with Crippen molar-refractivity contribution < 1.29 is 9.47 Å². The van der Waals surface area contributed by atoms with Gasteiger partial charge in [-0.15, -0.1) is 0 Å². The molecule has 94 valence electrons. The molecule has 6 heteroatoms. The van der Waals surface area contributed by atoms with Crippen molar-refractivity contribution >= 4 is 23.3 Å². The maximum Gasteiger partial charge on any atom is 0.231 e. The van der Waals surface area contributed by atoms with Crippen LogP contribution in [0.3, 0.4) is 0 Å². The fourth-order valence-corrected chi connectivity index (χ4v) is 2.55. The summed E-state index contributed by atoms with van der Waals surface area (Å²) >= 11 is 5.37. The number of rotatable bonds is 1. The van der Waals surface area contributed by atoms with Crippen molar-refractivity contribution in [3.8, 4) is 17.2 Å². The Morgan fingerprint density at radius 1 is 1.21 bits per heavy atom. The molecule has 3 aromatic rings. The molecule has 5 nitrogen and oxygen atoms in total. The third-order valence-electron chi connectivity index (χ3n) is 3.10. The molecule has 1 N–H and O–H groups in total. The van der Waals surface area contributed by atoms with Crippen molar-refractivity contribution in [3.05, 3.63) is 41.4 Å². The Balaban J connectivity index is 2.00. The van der Waals surface area contributed by atoms with E-state index in [1.165, 1.54) is 0 Å². The number of fused-ring (bicyclic) bond motifs is 2. The number of hydrogen-bond acceptors (Lipinski definition) is 4. The van der Waals surface area contributed by atoms with Crippen LogP contribution in [0, 0.1) is 4.77 Å². The van der Waals surface area contributed by atoms with Crippen LogP contribution < -0.4 is 9.47 Å². The minimum atomic E-state index is 0.266. The van der Waals surface area contributed by atoms with Crippen LogP contribution in [0.1, 0.15) is 0 Å². The number of imidazole rings is 1. The van der Waals surface area contributed by atoms with Gasteiger partial charge in [0, 0.05) is 12.3 Å². The summed E-state index contributed by atoms with van der Waals surface area (Å²) in [5.74, 6) is 1.50. The lowest BCUT2D eigenvalue weighted by atomic mass is 10.2. The highest BCUT2D eigenvalue weighted by Crippen LogP contribution is 2.34. The van der Waals surface area contributed by atoms with Gasteiger partial charge in [-0.2, -0.15) is 0 Å². The quantitative estimate of drug-likeness (QED) is 0.691. The SMILES string of the molecule is S=c1[nH]c2cnccc2n1-c1ccc2c(c1)OCO2. The summed E-state index contributed by atoms with van der Waals surface area (Å²) in [6, 6.07) is 7.69. The van der Waals surface area contributed by atoms with E-state index in [4.69, 9.17) is 21.7 Å². The van der Waals surface area contributed by atoms with Crippen molar-refractivity contribution in [2.75, 3.05) is 6.79 Å². The van der Waals surface area contributed by atoms with Crippen molar-refractivity contribution in [2.24, 2.45) is 0 Å². The van der Waals surface area contributed by atoms with Gasteiger partial charge in [0.05, 0.1) is 22.9 Å². The third kappa shape index (κ3) is 1.53. The average Bonchev–Trinajstić information content (AvgIpc) is 3.00. The summed E-state index contributed by atoms with van der Waals surface area (Å²) in [5.41, 5.74) is 2.83. The second-order valence-corrected chi connectivity index (χ2v) is 4.58. The summed E-state index contributed by atoms with van der Waals surface area (Å²) in [6.07, 6.45) is 3.50. The highest BCUT2D eigenvalue weighted by Gasteiger charge is 2.15. The predicted molar refractivity (Wildman–Crippen MR) is 72.4 cm³/mol. The Morgan fingerprint density at radius 3 is 3.05 bits per heavy atom. The second kappa shape index (κ2) is 3.83. The van der Waals surface area contributed by atoms with Gasteiger partial charge < -0.3 is 14.5 Å². The Hall–Kier alpha value is -2.34. The number of pyridine rings is 1. The van der Waals surface area contributed by atoms with Crippen LogP contribution in [0.15, 0.2) is 36.7 Å². The van der Waals surface area contributed by atoms with Gasteiger partial charge in [-0.3, -0.25) is 9.55 Å². The Bertz CT molecular complexity index is 837. The maximum atomic E-state index is 5.40. The van der Waals surface area contributed by atoms with Gasteiger partial charge in [-0.1, -0.05) is 0 Å². The fraction of sp³-hybridized carbons (Fsp3) is 0.0769. The number of H-pyrrole nitrogens is 1. The molecule has 0 fully saturated rings. The first kappa shape index (κ1) is 10.6. The number of aromatic amines is 1. The smallest absolute Gasteiger partial charge is 0.231 e. The molecule has 0 amide bonds. The normalized spacial score (nSPS) is 13.1. The van der Waals surface area contributed by atoms with E-state index < -0.39 is 0 Å². The summed E-state index contributed by atoms with van der Waals surface area (Å²) in [7, 11) is 0. The van der Waals surface area contributed by atoms with E-state index in [1.54, 1.807) is 12.4 Å². The standard InChI is InChI=1S/C13H9N3O2S/c19-13-15-9-6-14-4-3-10(9)16(13)8-1-2-11-12(5-8)18-7-17-11/h1-6H,7H2,(H,15,19). The van der Waals surface area contributed by atoms with Crippen molar-refractivity contribution in [2.45, 2.75) is 0 Å². The van der Waals surface area contributed by atoms with Crippen LogP contribution in [0.25, 0.3) is 16.7 Å². The molecule has 19 heavy (non-hydrogen) atoms. The van der Waals surface area contributed by atoms with Gasteiger partial charge >= 0.3 is 0 Å². The van der Waals surface area contributed by atoms with Gasteiger partial charge in [-0.05, 0) is 30.4 Å². The van der Waals surface area contributed by atoms with Gasteiger partial charge in [0.15, 0.2) is 16.3 Å². The molecular formula is C13H9N3O2S. The zero-order valence-electron chi connectivity index (χ0n) is 9.79. The molecule has 1 aliphatic rings. The van der Waals surface area contributed by atoms with Crippen LogP contribution in [-0.4, -0.2) is 21.3 Å². The summed E-state index contributed by atoms with van der Waals surface area (Å²) in [4.78, 5) is 7.22. The molecule has 2 aromatic heterocycles. The minimum Gasteiger partial charge on any atom is -0.454 e. The second-order valence-electron chi connectivity index (χ2n) is 4.20. The van der Waals surface area contributed by atoms with Gasteiger partial charge in [0.2, 0.25) is 6.79 Å². The molecular weight excluding hydrogens is 262 g/mol. The zero-order valence-corrected chi connectivity index (χ0v) is 10.6. The average molecular weight is 271 g/mol. The number of hydrogen-bond donors (Lipinski definition) is 1. The minimum absolute atomic E-state index is 0.266. The molecule has 0 atom stereocenters. The Labute approximate surface area is 113 Å². The van der Waals surface area contributed by atoms with Gasteiger partial charge in [0.25, 0.3) is 0 Å². The lowest BCUT2D eigenvalue weighted by Gasteiger charge is -2.05. The number of benzene rings is 1. The van der Waals surface area contributed by atoms with E-state index in [0.717, 1.165) is 28.2 Å². The van der Waals surface area contributed by atoms with E-state index >= 15 is 0 Å². The lowest BCUT2D eigenvalue weighted by Crippen LogP contribution is -1.94. The highest BCUT2D eigenvalue weighted by molar-refractivity contribution is 7.71. The highest BCUT2D eigenvalue weighted by atomic mass is 32.1. The van der Waals surface area contributed by atoms with Crippen LogP contribution in [0.4, 0.5) is 0 Å². The summed E-state index contributed by atoms with van der Waals surface area (Å²) in [6.45, 7) is 0.266. The molecule has 0 spiro atoms.